The highest BCUT2D eigenvalue weighted by Crippen LogP contribution is 2.18. The maximum atomic E-state index is 13.5. The Labute approximate surface area is 106 Å². The molecule has 1 aromatic heterocycles. The number of halogens is 3. The molecule has 2 N–H and O–H groups in total. The van der Waals surface area contributed by atoms with E-state index in [1.807, 2.05) is 0 Å². The Bertz CT molecular complexity index is 644. The summed E-state index contributed by atoms with van der Waals surface area (Å²) in [6.07, 6.45) is 1.25. The molecule has 0 aliphatic heterocycles. The van der Waals surface area contributed by atoms with Crippen molar-refractivity contribution in [3.63, 3.8) is 0 Å². The van der Waals surface area contributed by atoms with Crippen LogP contribution >= 0.6 is 0 Å². The number of primary amides is 1. The number of carbonyl (C=O) groups excluding carboxylic acids is 1. The van der Waals surface area contributed by atoms with Crippen LogP contribution in [0.4, 0.5) is 13.2 Å². The van der Waals surface area contributed by atoms with Gasteiger partial charge in [-0.25, -0.2) is 13.2 Å². The first-order chi connectivity index (χ1) is 8.99. The molecule has 0 atom stereocenters. The second-order valence-electron chi connectivity index (χ2n) is 3.90. The average molecular weight is 266 g/mol. The third-order valence-electron chi connectivity index (χ3n) is 2.60. The van der Waals surface area contributed by atoms with Crippen molar-refractivity contribution in [2.45, 2.75) is 6.42 Å². The highest BCUT2D eigenvalue weighted by atomic mass is 19.2. The minimum Gasteiger partial charge on any atom is -0.366 e. The summed E-state index contributed by atoms with van der Waals surface area (Å²) in [6, 6.07) is 4.13. The third-order valence-corrected chi connectivity index (χ3v) is 2.60. The lowest BCUT2D eigenvalue weighted by molar-refractivity contribution is 0.0999. The summed E-state index contributed by atoms with van der Waals surface area (Å²) in [5.41, 5.74) is 5.38. The Morgan fingerprint density at radius 1 is 1.16 bits per heavy atom. The molecule has 2 aromatic rings. The van der Waals surface area contributed by atoms with E-state index in [-0.39, 0.29) is 23.2 Å². The van der Waals surface area contributed by atoms with Crippen molar-refractivity contribution in [1.29, 1.82) is 0 Å². The Hall–Kier alpha value is -2.37. The number of hydrogen-bond acceptors (Lipinski definition) is 2. The van der Waals surface area contributed by atoms with Gasteiger partial charge in [-0.15, -0.1) is 0 Å². The van der Waals surface area contributed by atoms with Crippen LogP contribution in [-0.2, 0) is 6.42 Å². The van der Waals surface area contributed by atoms with Crippen molar-refractivity contribution in [3.8, 4) is 0 Å². The van der Waals surface area contributed by atoms with Crippen LogP contribution in [0.1, 0.15) is 21.6 Å². The molecule has 1 amide bonds. The summed E-state index contributed by atoms with van der Waals surface area (Å²) in [4.78, 5) is 15.1. The molecule has 2 rings (SSSR count). The maximum absolute atomic E-state index is 13.5. The van der Waals surface area contributed by atoms with E-state index in [2.05, 4.69) is 4.98 Å². The van der Waals surface area contributed by atoms with Gasteiger partial charge < -0.3 is 5.73 Å². The molecule has 0 spiro atoms. The molecule has 6 heteroatoms. The van der Waals surface area contributed by atoms with Gasteiger partial charge in [0.1, 0.15) is 5.82 Å². The fraction of sp³-hybridized carbons (Fsp3) is 0.0769. The summed E-state index contributed by atoms with van der Waals surface area (Å²) in [5, 5.41) is 0. The van der Waals surface area contributed by atoms with Gasteiger partial charge in [-0.1, -0.05) is 0 Å². The number of hydrogen-bond donors (Lipinski definition) is 1. The molecule has 0 radical (unpaired) electrons. The summed E-state index contributed by atoms with van der Waals surface area (Å²) >= 11 is 0. The minimum absolute atomic E-state index is 0.0971. The molecule has 0 bridgehead atoms. The normalized spacial score (nSPS) is 10.5. The van der Waals surface area contributed by atoms with Crippen molar-refractivity contribution < 1.29 is 18.0 Å². The molecule has 1 heterocycles. The molecule has 1 aromatic carbocycles. The van der Waals surface area contributed by atoms with Crippen LogP contribution in [0.3, 0.4) is 0 Å². The molecule has 3 nitrogen and oxygen atoms in total. The van der Waals surface area contributed by atoms with Crippen molar-refractivity contribution in [2.75, 3.05) is 0 Å². The SMILES string of the molecule is NC(=O)c1cccnc1Cc1cc(F)c(F)cc1F. The van der Waals surface area contributed by atoms with Gasteiger partial charge in [-0.3, -0.25) is 9.78 Å². The predicted molar refractivity (Wildman–Crippen MR) is 61.9 cm³/mol. The zero-order chi connectivity index (χ0) is 14.0. The van der Waals surface area contributed by atoms with E-state index in [0.29, 0.717) is 6.07 Å². The highest BCUT2D eigenvalue weighted by molar-refractivity contribution is 5.93. The molecule has 0 saturated carbocycles. The number of rotatable bonds is 3. The molecule has 0 aliphatic carbocycles. The van der Waals surface area contributed by atoms with Crippen LogP contribution in [-0.4, -0.2) is 10.9 Å². The Kier molecular flexibility index (Phi) is 3.50. The number of nitrogens with two attached hydrogens (primary N) is 1. The van der Waals surface area contributed by atoms with E-state index in [1.54, 1.807) is 0 Å². The van der Waals surface area contributed by atoms with Gasteiger partial charge in [0.25, 0.3) is 5.91 Å². The van der Waals surface area contributed by atoms with Crippen LogP contribution in [0.2, 0.25) is 0 Å². The Morgan fingerprint density at radius 2 is 1.84 bits per heavy atom. The molecular weight excluding hydrogens is 257 g/mol. The van der Waals surface area contributed by atoms with E-state index < -0.39 is 23.4 Å². The zero-order valence-corrected chi connectivity index (χ0v) is 9.66. The smallest absolute Gasteiger partial charge is 0.250 e. The zero-order valence-electron chi connectivity index (χ0n) is 9.66. The number of carbonyl (C=O) groups is 1. The van der Waals surface area contributed by atoms with Crippen molar-refractivity contribution in [3.05, 3.63) is 64.7 Å². The molecule has 19 heavy (non-hydrogen) atoms. The van der Waals surface area contributed by atoms with Crippen LogP contribution in [0.25, 0.3) is 0 Å². The second-order valence-corrected chi connectivity index (χ2v) is 3.90. The lowest BCUT2D eigenvalue weighted by Crippen LogP contribution is -2.15. The molecular formula is C13H9F3N2O. The maximum Gasteiger partial charge on any atom is 0.250 e. The van der Waals surface area contributed by atoms with Gasteiger partial charge >= 0.3 is 0 Å². The molecule has 0 unspecified atom stereocenters. The fourth-order valence-electron chi connectivity index (χ4n) is 1.68. The molecule has 0 aliphatic rings. The Morgan fingerprint density at radius 3 is 2.53 bits per heavy atom. The molecule has 98 valence electrons. The topological polar surface area (TPSA) is 56.0 Å². The number of pyridine rings is 1. The first-order valence-electron chi connectivity index (χ1n) is 5.36. The number of nitrogens with zero attached hydrogens (tertiary/aromatic N) is 1. The fourth-order valence-corrected chi connectivity index (χ4v) is 1.68. The number of amides is 1. The van der Waals surface area contributed by atoms with Gasteiger partial charge in [0, 0.05) is 18.7 Å². The second kappa shape index (κ2) is 5.09. The van der Waals surface area contributed by atoms with Gasteiger partial charge in [-0.2, -0.15) is 0 Å². The predicted octanol–water partition coefficient (Wildman–Crippen LogP) is 2.19. The number of aromatic nitrogens is 1. The summed E-state index contributed by atoms with van der Waals surface area (Å²) in [5.74, 6) is -4.04. The van der Waals surface area contributed by atoms with E-state index in [1.165, 1.54) is 18.3 Å². The van der Waals surface area contributed by atoms with Crippen LogP contribution in [0.15, 0.2) is 30.5 Å². The summed E-state index contributed by atoms with van der Waals surface area (Å²) < 4.78 is 39.4. The minimum atomic E-state index is -1.27. The largest absolute Gasteiger partial charge is 0.366 e. The lowest BCUT2D eigenvalue weighted by Gasteiger charge is -2.07. The van der Waals surface area contributed by atoms with Gasteiger partial charge in [0.05, 0.1) is 11.3 Å². The van der Waals surface area contributed by atoms with E-state index in [4.69, 9.17) is 5.73 Å². The summed E-state index contributed by atoms with van der Waals surface area (Å²) in [6.45, 7) is 0. The number of benzene rings is 1. The third kappa shape index (κ3) is 2.73. The quantitative estimate of drug-likeness (QED) is 0.866. The standard InChI is InChI=1S/C13H9F3N2O/c14-9-6-11(16)10(15)4-7(9)5-12-8(13(17)19)2-1-3-18-12/h1-4,6H,5H2,(H2,17,19). The van der Waals surface area contributed by atoms with E-state index >= 15 is 0 Å². The van der Waals surface area contributed by atoms with Gasteiger partial charge in [0.15, 0.2) is 11.6 Å². The van der Waals surface area contributed by atoms with E-state index in [9.17, 15) is 18.0 Å². The van der Waals surface area contributed by atoms with Crippen LogP contribution in [0, 0.1) is 17.5 Å². The first kappa shape index (κ1) is 13.1. The van der Waals surface area contributed by atoms with E-state index in [0.717, 1.165) is 6.07 Å². The van der Waals surface area contributed by atoms with Crippen LogP contribution < -0.4 is 5.73 Å². The molecule has 0 saturated heterocycles. The first-order valence-corrected chi connectivity index (χ1v) is 5.36. The van der Waals surface area contributed by atoms with Crippen molar-refractivity contribution >= 4 is 5.91 Å². The van der Waals surface area contributed by atoms with Gasteiger partial charge in [-0.05, 0) is 23.8 Å². The molecule has 0 fully saturated rings. The van der Waals surface area contributed by atoms with Gasteiger partial charge in [0.2, 0.25) is 0 Å². The van der Waals surface area contributed by atoms with Crippen molar-refractivity contribution in [2.24, 2.45) is 5.73 Å². The monoisotopic (exact) mass is 266 g/mol. The lowest BCUT2D eigenvalue weighted by atomic mass is 10.0. The van der Waals surface area contributed by atoms with Crippen molar-refractivity contribution in [1.82, 2.24) is 4.98 Å². The average Bonchev–Trinajstić information content (AvgIpc) is 2.36. The van der Waals surface area contributed by atoms with Crippen LogP contribution in [0.5, 0.6) is 0 Å². The highest BCUT2D eigenvalue weighted by Gasteiger charge is 2.14. The summed E-state index contributed by atoms with van der Waals surface area (Å²) in [7, 11) is 0. The Balaban J connectivity index is 2.42.